The van der Waals surface area contributed by atoms with Gasteiger partial charge in [0.15, 0.2) is 0 Å². The third-order valence-corrected chi connectivity index (χ3v) is 6.06. The van der Waals surface area contributed by atoms with Gasteiger partial charge in [-0.25, -0.2) is 0 Å². The highest BCUT2D eigenvalue weighted by atomic mass is 35.5. The summed E-state index contributed by atoms with van der Waals surface area (Å²) in [6.45, 7) is 8.08. The molecule has 0 aromatic carbocycles. The minimum atomic E-state index is 0.514. The van der Waals surface area contributed by atoms with Gasteiger partial charge < -0.3 is 5.32 Å². The average molecular weight is 314 g/mol. The first-order chi connectivity index (χ1) is 9.61. The molecule has 1 aliphatic rings. The van der Waals surface area contributed by atoms with E-state index in [-0.39, 0.29) is 0 Å². The quantitative estimate of drug-likeness (QED) is 0.689. The number of rotatable bonds is 6. The zero-order chi connectivity index (χ0) is 14.5. The summed E-state index contributed by atoms with van der Waals surface area (Å²) in [7, 11) is 0. The van der Waals surface area contributed by atoms with Gasteiger partial charge in [0.1, 0.15) is 0 Å². The first kappa shape index (κ1) is 16.3. The molecule has 1 heterocycles. The van der Waals surface area contributed by atoms with E-state index in [1.165, 1.54) is 37.0 Å². The molecule has 1 atom stereocenters. The fourth-order valence-corrected chi connectivity index (χ4v) is 4.67. The van der Waals surface area contributed by atoms with Crippen molar-refractivity contribution in [1.82, 2.24) is 5.32 Å². The van der Waals surface area contributed by atoms with Crippen LogP contribution in [0.2, 0.25) is 4.34 Å². The summed E-state index contributed by atoms with van der Waals surface area (Å²) in [5.41, 5.74) is 0. The summed E-state index contributed by atoms with van der Waals surface area (Å²) >= 11 is 7.88. The van der Waals surface area contributed by atoms with E-state index >= 15 is 0 Å². The van der Waals surface area contributed by atoms with Gasteiger partial charge in [-0.05, 0) is 68.5 Å². The topological polar surface area (TPSA) is 12.0 Å². The molecule has 0 bridgehead atoms. The Labute approximate surface area is 133 Å². The lowest BCUT2D eigenvalue weighted by molar-refractivity contribution is 0.190. The maximum atomic E-state index is 6.13. The Morgan fingerprint density at radius 2 is 1.85 bits per heavy atom. The Balaban J connectivity index is 2.01. The summed E-state index contributed by atoms with van der Waals surface area (Å²) in [6, 6.07) is 4.78. The van der Waals surface area contributed by atoms with Crippen LogP contribution in [0.3, 0.4) is 0 Å². The van der Waals surface area contributed by atoms with Crippen molar-refractivity contribution in [2.75, 3.05) is 6.54 Å². The summed E-state index contributed by atoms with van der Waals surface area (Å²) in [4.78, 5) is 1.43. The molecule has 0 saturated heterocycles. The van der Waals surface area contributed by atoms with E-state index in [0.717, 1.165) is 28.6 Å². The van der Waals surface area contributed by atoms with Crippen molar-refractivity contribution < 1.29 is 0 Å². The van der Waals surface area contributed by atoms with E-state index in [1.54, 1.807) is 11.3 Å². The van der Waals surface area contributed by atoms with E-state index in [1.807, 2.05) is 6.07 Å². The largest absolute Gasteiger partial charge is 0.309 e. The molecule has 1 nitrogen and oxygen atoms in total. The van der Waals surface area contributed by atoms with E-state index in [2.05, 4.69) is 32.2 Å². The van der Waals surface area contributed by atoms with Crippen molar-refractivity contribution in [1.29, 1.82) is 0 Å². The van der Waals surface area contributed by atoms with E-state index in [9.17, 15) is 0 Å². The lowest BCUT2D eigenvalue weighted by atomic mass is 9.74. The lowest BCUT2D eigenvalue weighted by Crippen LogP contribution is -2.31. The van der Waals surface area contributed by atoms with Crippen LogP contribution in [0.25, 0.3) is 0 Å². The Kier molecular flexibility index (Phi) is 6.38. The van der Waals surface area contributed by atoms with Gasteiger partial charge in [0.05, 0.1) is 4.34 Å². The molecule has 1 aromatic heterocycles. The van der Waals surface area contributed by atoms with Crippen LogP contribution in [-0.4, -0.2) is 6.54 Å². The fraction of sp³-hybridized carbons (Fsp3) is 0.765. The summed E-state index contributed by atoms with van der Waals surface area (Å²) in [6.07, 6.45) is 6.70. The van der Waals surface area contributed by atoms with Crippen molar-refractivity contribution >= 4 is 22.9 Å². The molecule has 0 aliphatic heterocycles. The zero-order valence-electron chi connectivity index (χ0n) is 13.0. The third-order valence-electron chi connectivity index (χ3n) is 4.75. The SMILES string of the molecule is CCCNC(c1ccc(Cl)s1)C1CCC(C(C)C)CC1. The number of hydrogen-bond donors (Lipinski definition) is 1. The Morgan fingerprint density at radius 1 is 1.20 bits per heavy atom. The smallest absolute Gasteiger partial charge is 0.0931 e. The second-order valence-electron chi connectivity index (χ2n) is 6.49. The van der Waals surface area contributed by atoms with Crippen LogP contribution in [0.5, 0.6) is 0 Å². The van der Waals surface area contributed by atoms with Crippen LogP contribution in [0.1, 0.15) is 63.8 Å². The molecular formula is C17H28ClNS. The van der Waals surface area contributed by atoms with Crippen LogP contribution < -0.4 is 5.32 Å². The van der Waals surface area contributed by atoms with Crippen molar-refractivity contribution in [2.24, 2.45) is 17.8 Å². The molecule has 114 valence electrons. The Morgan fingerprint density at radius 3 is 2.35 bits per heavy atom. The van der Waals surface area contributed by atoms with Crippen molar-refractivity contribution in [3.8, 4) is 0 Å². The molecule has 1 N–H and O–H groups in total. The van der Waals surface area contributed by atoms with Crippen LogP contribution in [-0.2, 0) is 0 Å². The maximum absolute atomic E-state index is 6.13. The van der Waals surface area contributed by atoms with Crippen molar-refractivity contribution in [3.05, 3.63) is 21.3 Å². The van der Waals surface area contributed by atoms with Gasteiger partial charge >= 0.3 is 0 Å². The fourth-order valence-electron chi connectivity index (χ4n) is 3.44. The molecular weight excluding hydrogens is 286 g/mol. The lowest BCUT2D eigenvalue weighted by Gasteiger charge is -2.35. The summed E-state index contributed by atoms with van der Waals surface area (Å²) < 4.78 is 0.916. The summed E-state index contributed by atoms with van der Waals surface area (Å²) in [5.74, 6) is 2.56. The molecule has 2 rings (SSSR count). The average Bonchev–Trinajstić information content (AvgIpc) is 2.86. The second-order valence-corrected chi connectivity index (χ2v) is 8.24. The number of thiophene rings is 1. The van der Waals surface area contributed by atoms with Gasteiger partial charge in [0.25, 0.3) is 0 Å². The predicted octanol–water partition coefficient (Wildman–Crippen LogP) is 5.90. The normalized spacial score (nSPS) is 25.1. The highest BCUT2D eigenvalue weighted by Gasteiger charge is 2.30. The van der Waals surface area contributed by atoms with E-state index < -0.39 is 0 Å². The highest BCUT2D eigenvalue weighted by Crippen LogP contribution is 2.41. The summed E-state index contributed by atoms with van der Waals surface area (Å²) in [5, 5.41) is 3.76. The first-order valence-electron chi connectivity index (χ1n) is 8.10. The highest BCUT2D eigenvalue weighted by molar-refractivity contribution is 7.16. The minimum absolute atomic E-state index is 0.514. The molecule has 0 radical (unpaired) electrons. The Bertz CT molecular complexity index is 393. The Hall–Kier alpha value is -0.0500. The second kappa shape index (κ2) is 7.82. The molecule has 1 saturated carbocycles. The van der Waals surface area contributed by atoms with Crippen molar-refractivity contribution in [2.45, 2.75) is 58.9 Å². The maximum Gasteiger partial charge on any atom is 0.0931 e. The molecule has 3 heteroatoms. The number of halogens is 1. The molecule has 1 aromatic rings. The van der Waals surface area contributed by atoms with Gasteiger partial charge in [-0.3, -0.25) is 0 Å². The van der Waals surface area contributed by atoms with Crippen LogP contribution in [0.4, 0.5) is 0 Å². The number of nitrogens with one attached hydrogen (secondary N) is 1. The van der Waals surface area contributed by atoms with E-state index in [4.69, 9.17) is 11.6 Å². The third kappa shape index (κ3) is 4.22. The first-order valence-corrected chi connectivity index (χ1v) is 9.29. The van der Waals surface area contributed by atoms with Gasteiger partial charge in [0, 0.05) is 10.9 Å². The number of hydrogen-bond acceptors (Lipinski definition) is 2. The molecule has 1 fully saturated rings. The molecule has 1 unspecified atom stereocenters. The van der Waals surface area contributed by atoms with Crippen LogP contribution in [0.15, 0.2) is 12.1 Å². The van der Waals surface area contributed by atoms with Gasteiger partial charge in [0.2, 0.25) is 0 Å². The van der Waals surface area contributed by atoms with Crippen molar-refractivity contribution in [3.63, 3.8) is 0 Å². The monoisotopic (exact) mass is 313 g/mol. The molecule has 0 spiro atoms. The standard InChI is InChI=1S/C17H28ClNS/c1-4-11-19-17(15-9-10-16(18)20-15)14-7-5-13(6-8-14)12(2)3/h9-10,12-14,17,19H,4-8,11H2,1-3H3. The van der Waals surface area contributed by atoms with Gasteiger partial charge in [-0.15, -0.1) is 11.3 Å². The van der Waals surface area contributed by atoms with Crippen LogP contribution in [0, 0.1) is 17.8 Å². The van der Waals surface area contributed by atoms with E-state index in [0.29, 0.717) is 6.04 Å². The van der Waals surface area contributed by atoms with Crippen LogP contribution >= 0.6 is 22.9 Å². The molecule has 20 heavy (non-hydrogen) atoms. The zero-order valence-corrected chi connectivity index (χ0v) is 14.6. The molecule has 0 amide bonds. The molecule has 1 aliphatic carbocycles. The predicted molar refractivity (Wildman–Crippen MR) is 90.6 cm³/mol. The van der Waals surface area contributed by atoms with Gasteiger partial charge in [-0.2, -0.15) is 0 Å². The minimum Gasteiger partial charge on any atom is -0.309 e. The van der Waals surface area contributed by atoms with Gasteiger partial charge in [-0.1, -0.05) is 32.4 Å².